The minimum atomic E-state index is 0.344. The van der Waals surface area contributed by atoms with Gasteiger partial charge in [-0.25, -0.2) is 0 Å². The first-order chi connectivity index (χ1) is 7.27. The van der Waals surface area contributed by atoms with E-state index in [2.05, 4.69) is 18.8 Å². The van der Waals surface area contributed by atoms with Crippen molar-refractivity contribution in [1.82, 2.24) is 5.32 Å². The number of nitrogens with one attached hydrogen (secondary N) is 1. The van der Waals surface area contributed by atoms with Crippen molar-refractivity contribution < 1.29 is 0 Å². The Morgan fingerprint density at radius 1 is 1.53 bits per heavy atom. The molecule has 0 bridgehead atoms. The Morgan fingerprint density at radius 3 is 2.87 bits per heavy atom. The molecule has 0 aliphatic carbocycles. The van der Waals surface area contributed by atoms with Crippen molar-refractivity contribution in [3.63, 3.8) is 0 Å². The van der Waals surface area contributed by atoms with Crippen molar-refractivity contribution in [2.75, 3.05) is 12.3 Å². The maximum absolute atomic E-state index is 6.06. The highest BCUT2D eigenvalue weighted by Crippen LogP contribution is 2.26. The van der Waals surface area contributed by atoms with Gasteiger partial charge in [0, 0.05) is 16.7 Å². The van der Waals surface area contributed by atoms with Gasteiger partial charge >= 0.3 is 0 Å². The van der Waals surface area contributed by atoms with Crippen LogP contribution in [0, 0.1) is 0 Å². The molecule has 1 N–H and O–H groups in total. The molecule has 0 saturated heterocycles. The molecule has 0 heterocycles. The number of likely N-dealkylation sites (N-methyl/N-ethyl adjacent to an activating group) is 1. The molecule has 3 heteroatoms. The van der Waals surface area contributed by atoms with Gasteiger partial charge in [-0.2, -0.15) is 0 Å². The number of rotatable bonds is 6. The third-order valence-electron chi connectivity index (χ3n) is 2.01. The standard InChI is InChI=1S/C12H16ClNS/c1-3-10(14-4-2)9-15-12-8-6-5-7-11(12)13/h3,5-8,10,14H,1,4,9H2,2H3. The maximum atomic E-state index is 6.06. The van der Waals surface area contributed by atoms with Gasteiger partial charge in [-0.05, 0) is 18.7 Å². The Kier molecular flexibility index (Phi) is 5.84. The van der Waals surface area contributed by atoms with E-state index in [1.807, 2.05) is 30.3 Å². The summed E-state index contributed by atoms with van der Waals surface area (Å²) in [6.07, 6.45) is 1.94. The normalized spacial score (nSPS) is 12.4. The molecular weight excluding hydrogens is 226 g/mol. The van der Waals surface area contributed by atoms with Crippen LogP contribution in [0.4, 0.5) is 0 Å². The highest BCUT2D eigenvalue weighted by atomic mass is 35.5. The summed E-state index contributed by atoms with van der Waals surface area (Å²) in [4.78, 5) is 1.13. The summed E-state index contributed by atoms with van der Waals surface area (Å²) in [5.41, 5.74) is 0. The number of halogens is 1. The lowest BCUT2D eigenvalue weighted by molar-refractivity contribution is 0.669. The van der Waals surface area contributed by atoms with Gasteiger partial charge in [0.15, 0.2) is 0 Å². The summed E-state index contributed by atoms with van der Waals surface area (Å²) in [5.74, 6) is 0.959. The molecule has 1 unspecified atom stereocenters. The molecule has 0 fully saturated rings. The van der Waals surface area contributed by atoms with E-state index in [0.29, 0.717) is 6.04 Å². The highest BCUT2D eigenvalue weighted by Gasteiger charge is 2.04. The second-order valence-corrected chi connectivity index (χ2v) is 4.61. The summed E-state index contributed by atoms with van der Waals surface area (Å²) >= 11 is 7.81. The van der Waals surface area contributed by atoms with E-state index in [1.165, 1.54) is 0 Å². The van der Waals surface area contributed by atoms with Gasteiger partial charge in [-0.15, -0.1) is 18.3 Å². The molecule has 0 aliphatic rings. The van der Waals surface area contributed by atoms with Crippen LogP contribution in [0.1, 0.15) is 6.92 Å². The average Bonchev–Trinajstić information content (AvgIpc) is 2.26. The average molecular weight is 242 g/mol. The van der Waals surface area contributed by atoms with Crippen LogP contribution in [0.5, 0.6) is 0 Å². The van der Waals surface area contributed by atoms with Crippen LogP contribution < -0.4 is 5.32 Å². The number of thioether (sulfide) groups is 1. The molecule has 0 spiro atoms. The van der Waals surface area contributed by atoms with Crippen LogP contribution in [-0.4, -0.2) is 18.3 Å². The second-order valence-electron chi connectivity index (χ2n) is 3.14. The Balaban J connectivity index is 2.48. The lowest BCUT2D eigenvalue weighted by Gasteiger charge is -2.13. The number of hydrogen-bond donors (Lipinski definition) is 1. The van der Waals surface area contributed by atoms with Gasteiger partial charge in [0.2, 0.25) is 0 Å². The summed E-state index contributed by atoms with van der Waals surface area (Å²) in [6.45, 7) is 6.86. The SMILES string of the molecule is C=CC(CSc1ccccc1Cl)NCC. The van der Waals surface area contributed by atoms with Crippen molar-refractivity contribution in [3.05, 3.63) is 41.9 Å². The van der Waals surface area contributed by atoms with Crippen LogP contribution in [0.15, 0.2) is 41.8 Å². The summed E-state index contributed by atoms with van der Waals surface area (Å²) in [7, 11) is 0. The summed E-state index contributed by atoms with van der Waals surface area (Å²) in [5, 5.41) is 4.16. The molecule has 1 nitrogen and oxygen atoms in total. The zero-order chi connectivity index (χ0) is 11.1. The van der Waals surface area contributed by atoms with E-state index >= 15 is 0 Å². The molecule has 0 aliphatic heterocycles. The van der Waals surface area contributed by atoms with E-state index in [0.717, 1.165) is 22.2 Å². The first-order valence-corrected chi connectivity index (χ1v) is 6.37. The van der Waals surface area contributed by atoms with Crippen molar-refractivity contribution in [3.8, 4) is 0 Å². The van der Waals surface area contributed by atoms with Crippen molar-refractivity contribution in [2.45, 2.75) is 17.9 Å². The fourth-order valence-electron chi connectivity index (χ4n) is 1.21. The van der Waals surface area contributed by atoms with Gasteiger partial charge in [0.25, 0.3) is 0 Å². The molecule has 0 aromatic heterocycles. The first-order valence-electron chi connectivity index (χ1n) is 5.01. The Morgan fingerprint density at radius 2 is 2.27 bits per heavy atom. The van der Waals surface area contributed by atoms with Gasteiger partial charge in [0.05, 0.1) is 5.02 Å². The molecule has 0 amide bonds. The number of hydrogen-bond acceptors (Lipinski definition) is 2. The topological polar surface area (TPSA) is 12.0 Å². The molecule has 15 heavy (non-hydrogen) atoms. The van der Waals surface area contributed by atoms with Crippen LogP contribution >= 0.6 is 23.4 Å². The Hall–Kier alpha value is -0.440. The molecule has 1 rings (SSSR count). The molecule has 82 valence electrons. The van der Waals surface area contributed by atoms with Gasteiger partial charge in [-0.3, -0.25) is 0 Å². The van der Waals surface area contributed by atoms with Crippen LogP contribution in [0.3, 0.4) is 0 Å². The third kappa shape index (κ3) is 4.29. The fraction of sp³-hybridized carbons (Fsp3) is 0.333. The fourth-order valence-corrected chi connectivity index (χ4v) is 2.51. The van der Waals surface area contributed by atoms with E-state index in [9.17, 15) is 0 Å². The quantitative estimate of drug-likeness (QED) is 0.603. The first kappa shape index (κ1) is 12.6. The number of benzene rings is 1. The van der Waals surface area contributed by atoms with Crippen LogP contribution in [0.2, 0.25) is 5.02 Å². The van der Waals surface area contributed by atoms with Crippen molar-refractivity contribution in [1.29, 1.82) is 0 Å². The third-order valence-corrected chi connectivity index (χ3v) is 3.64. The monoisotopic (exact) mass is 241 g/mol. The summed E-state index contributed by atoms with van der Waals surface area (Å²) < 4.78 is 0. The van der Waals surface area contributed by atoms with Gasteiger partial charge < -0.3 is 5.32 Å². The Bertz CT molecular complexity index is 314. The minimum Gasteiger partial charge on any atom is -0.310 e. The zero-order valence-electron chi connectivity index (χ0n) is 8.87. The largest absolute Gasteiger partial charge is 0.310 e. The van der Waals surface area contributed by atoms with Crippen molar-refractivity contribution >= 4 is 23.4 Å². The van der Waals surface area contributed by atoms with Gasteiger partial charge in [0.1, 0.15) is 0 Å². The maximum Gasteiger partial charge on any atom is 0.0541 e. The van der Waals surface area contributed by atoms with E-state index < -0.39 is 0 Å². The second kappa shape index (κ2) is 6.94. The highest BCUT2D eigenvalue weighted by molar-refractivity contribution is 7.99. The van der Waals surface area contributed by atoms with Crippen LogP contribution in [0.25, 0.3) is 0 Å². The lowest BCUT2D eigenvalue weighted by atomic mass is 10.3. The zero-order valence-corrected chi connectivity index (χ0v) is 10.4. The molecular formula is C12H16ClNS. The van der Waals surface area contributed by atoms with E-state index in [-0.39, 0.29) is 0 Å². The Labute approximate surface area is 101 Å². The molecule has 1 aromatic carbocycles. The van der Waals surface area contributed by atoms with E-state index in [4.69, 9.17) is 11.6 Å². The van der Waals surface area contributed by atoms with Gasteiger partial charge in [-0.1, -0.05) is 36.7 Å². The smallest absolute Gasteiger partial charge is 0.0541 e. The molecule has 1 atom stereocenters. The predicted molar refractivity (Wildman–Crippen MR) is 69.8 cm³/mol. The predicted octanol–water partition coefficient (Wildman–Crippen LogP) is 3.60. The summed E-state index contributed by atoms with van der Waals surface area (Å²) in [6, 6.07) is 8.25. The molecule has 0 radical (unpaired) electrons. The molecule has 1 aromatic rings. The minimum absolute atomic E-state index is 0.344. The van der Waals surface area contributed by atoms with Crippen LogP contribution in [-0.2, 0) is 0 Å². The van der Waals surface area contributed by atoms with Crippen molar-refractivity contribution in [2.24, 2.45) is 0 Å². The molecule has 0 saturated carbocycles. The van der Waals surface area contributed by atoms with E-state index in [1.54, 1.807) is 11.8 Å². The lowest BCUT2D eigenvalue weighted by Crippen LogP contribution is -2.28.